The second-order valence-electron chi connectivity index (χ2n) is 5.47. The summed E-state index contributed by atoms with van der Waals surface area (Å²) in [6.45, 7) is 4.11. The van der Waals surface area contributed by atoms with Gasteiger partial charge < -0.3 is 5.32 Å². The van der Waals surface area contributed by atoms with E-state index in [4.69, 9.17) is 0 Å². The summed E-state index contributed by atoms with van der Waals surface area (Å²) in [4.78, 5) is 28.2. The molecule has 0 radical (unpaired) electrons. The number of rotatable bonds is 3. The lowest BCUT2D eigenvalue weighted by Crippen LogP contribution is -2.36. The van der Waals surface area contributed by atoms with Gasteiger partial charge in [0, 0.05) is 12.1 Å². The minimum absolute atomic E-state index is 0.109. The van der Waals surface area contributed by atoms with E-state index in [1.807, 2.05) is 31.2 Å². The van der Waals surface area contributed by atoms with Gasteiger partial charge in [0.25, 0.3) is 0 Å². The molecule has 0 saturated carbocycles. The summed E-state index contributed by atoms with van der Waals surface area (Å²) in [6.07, 6.45) is 0.109. The molecule has 114 valence electrons. The van der Waals surface area contributed by atoms with Crippen LogP contribution < -0.4 is 10.6 Å². The van der Waals surface area contributed by atoms with Gasteiger partial charge in [-0.15, -0.1) is 0 Å². The zero-order chi connectivity index (χ0) is 15.7. The summed E-state index contributed by atoms with van der Waals surface area (Å²) in [7, 11) is 0. The number of benzene rings is 1. The molecule has 1 aromatic heterocycles. The Labute approximate surface area is 127 Å². The van der Waals surface area contributed by atoms with Gasteiger partial charge in [-0.1, -0.05) is 17.7 Å². The van der Waals surface area contributed by atoms with Gasteiger partial charge in [0.2, 0.25) is 17.8 Å². The van der Waals surface area contributed by atoms with Gasteiger partial charge in [-0.05, 0) is 26.0 Å². The van der Waals surface area contributed by atoms with Gasteiger partial charge >= 0.3 is 0 Å². The third-order valence-electron chi connectivity index (χ3n) is 3.54. The lowest BCUT2D eigenvalue weighted by Gasteiger charge is -2.21. The predicted molar refractivity (Wildman–Crippen MR) is 81.3 cm³/mol. The third-order valence-corrected chi connectivity index (χ3v) is 3.54. The lowest BCUT2D eigenvalue weighted by atomic mass is 10.0. The van der Waals surface area contributed by atoms with Crippen molar-refractivity contribution in [1.29, 1.82) is 0 Å². The highest BCUT2D eigenvalue weighted by Crippen LogP contribution is 2.20. The molecule has 0 fully saturated rings. The standard InChI is InChI=1S/C15H17N5O2/c1-9-3-5-12(6-4-9)17-13(21)7-11-8-20-15(18-14(11)22)16-10(2)19-20/h3-6,11H,7-8H2,1-2H3,(H,17,21)(H,16,18,19,22)/t11-/m0/s1. The summed E-state index contributed by atoms with van der Waals surface area (Å²) in [6, 6.07) is 7.53. The van der Waals surface area contributed by atoms with Crippen molar-refractivity contribution in [3.8, 4) is 0 Å². The number of fused-ring (bicyclic) bond motifs is 1. The van der Waals surface area contributed by atoms with Crippen LogP contribution in [0.25, 0.3) is 0 Å². The Hall–Kier alpha value is -2.70. The summed E-state index contributed by atoms with van der Waals surface area (Å²) in [5.41, 5.74) is 1.85. The average molecular weight is 299 g/mol. The number of nitrogens with zero attached hydrogens (tertiary/aromatic N) is 3. The fourth-order valence-corrected chi connectivity index (χ4v) is 2.41. The molecule has 0 unspecified atom stereocenters. The molecule has 22 heavy (non-hydrogen) atoms. The first-order chi connectivity index (χ1) is 10.5. The van der Waals surface area contributed by atoms with Crippen LogP contribution in [0.2, 0.25) is 0 Å². The smallest absolute Gasteiger partial charge is 0.232 e. The number of aromatic nitrogens is 3. The van der Waals surface area contributed by atoms with Crippen LogP contribution in [0.4, 0.5) is 11.6 Å². The Morgan fingerprint density at radius 1 is 1.36 bits per heavy atom. The molecular formula is C15H17N5O2. The van der Waals surface area contributed by atoms with E-state index in [1.54, 1.807) is 11.6 Å². The highest BCUT2D eigenvalue weighted by atomic mass is 16.2. The zero-order valence-corrected chi connectivity index (χ0v) is 12.5. The quantitative estimate of drug-likeness (QED) is 0.898. The number of nitrogens with one attached hydrogen (secondary N) is 2. The van der Waals surface area contributed by atoms with Crippen molar-refractivity contribution in [2.75, 3.05) is 10.6 Å². The maximum absolute atomic E-state index is 12.1. The first kappa shape index (κ1) is 14.2. The Kier molecular flexibility index (Phi) is 3.62. The third kappa shape index (κ3) is 2.98. The molecule has 1 aliphatic rings. The summed E-state index contributed by atoms with van der Waals surface area (Å²) in [5, 5.41) is 9.68. The first-order valence-electron chi connectivity index (χ1n) is 7.10. The van der Waals surface area contributed by atoms with Crippen LogP contribution >= 0.6 is 0 Å². The van der Waals surface area contributed by atoms with Crippen LogP contribution in [-0.4, -0.2) is 26.6 Å². The van der Waals surface area contributed by atoms with Crippen LogP contribution in [0, 0.1) is 19.8 Å². The van der Waals surface area contributed by atoms with E-state index in [-0.39, 0.29) is 18.2 Å². The molecule has 2 heterocycles. The van der Waals surface area contributed by atoms with E-state index in [1.165, 1.54) is 0 Å². The van der Waals surface area contributed by atoms with Crippen molar-refractivity contribution in [2.24, 2.45) is 5.92 Å². The summed E-state index contributed by atoms with van der Waals surface area (Å²) in [5.74, 6) is 0.208. The maximum Gasteiger partial charge on any atom is 0.232 e. The number of amides is 2. The predicted octanol–water partition coefficient (Wildman–Crippen LogP) is 1.49. The number of hydrogen-bond acceptors (Lipinski definition) is 4. The number of aryl methyl sites for hydroxylation is 2. The molecule has 7 nitrogen and oxygen atoms in total. The molecule has 0 aliphatic carbocycles. The van der Waals surface area contributed by atoms with Crippen molar-refractivity contribution in [1.82, 2.24) is 14.8 Å². The zero-order valence-electron chi connectivity index (χ0n) is 12.5. The molecule has 2 N–H and O–H groups in total. The van der Waals surface area contributed by atoms with Gasteiger partial charge in [-0.25, -0.2) is 4.68 Å². The van der Waals surface area contributed by atoms with Crippen molar-refractivity contribution >= 4 is 23.5 Å². The SMILES string of the molecule is Cc1ccc(NC(=O)C[C@H]2Cn3nc(C)nc3NC2=O)cc1. The highest BCUT2D eigenvalue weighted by molar-refractivity contribution is 5.98. The molecule has 0 bridgehead atoms. The highest BCUT2D eigenvalue weighted by Gasteiger charge is 2.29. The van der Waals surface area contributed by atoms with Crippen molar-refractivity contribution in [3.05, 3.63) is 35.7 Å². The van der Waals surface area contributed by atoms with Gasteiger partial charge in [-0.2, -0.15) is 10.1 Å². The number of hydrogen-bond donors (Lipinski definition) is 2. The molecule has 1 aliphatic heterocycles. The molecule has 1 atom stereocenters. The van der Waals surface area contributed by atoms with Crippen LogP contribution in [-0.2, 0) is 16.1 Å². The second kappa shape index (κ2) is 5.59. The topological polar surface area (TPSA) is 88.9 Å². The Bertz CT molecular complexity index is 720. The Morgan fingerprint density at radius 2 is 2.09 bits per heavy atom. The molecule has 7 heteroatoms. The fourth-order valence-electron chi connectivity index (χ4n) is 2.41. The summed E-state index contributed by atoms with van der Waals surface area (Å²) < 4.78 is 1.63. The van der Waals surface area contributed by atoms with Crippen molar-refractivity contribution in [3.63, 3.8) is 0 Å². The van der Waals surface area contributed by atoms with E-state index in [0.717, 1.165) is 11.3 Å². The average Bonchev–Trinajstić information content (AvgIpc) is 2.81. The monoisotopic (exact) mass is 299 g/mol. The Balaban J connectivity index is 1.64. The van der Waals surface area contributed by atoms with Crippen molar-refractivity contribution in [2.45, 2.75) is 26.8 Å². The van der Waals surface area contributed by atoms with Crippen LogP contribution in [0.5, 0.6) is 0 Å². The van der Waals surface area contributed by atoms with Crippen LogP contribution in [0.15, 0.2) is 24.3 Å². The fraction of sp³-hybridized carbons (Fsp3) is 0.333. The number of anilines is 2. The molecule has 2 amide bonds. The van der Waals surface area contributed by atoms with E-state index in [9.17, 15) is 9.59 Å². The normalized spacial score (nSPS) is 16.8. The molecule has 3 rings (SSSR count). The summed E-state index contributed by atoms with van der Waals surface area (Å²) >= 11 is 0. The maximum atomic E-state index is 12.1. The van der Waals surface area contributed by atoms with Gasteiger partial charge in [0.05, 0.1) is 12.5 Å². The second-order valence-corrected chi connectivity index (χ2v) is 5.47. The van der Waals surface area contributed by atoms with E-state index in [2.05, 4.69) is 20.7 Å². The minimum Gasteiger partial charge on any atom is -0.326 e. The lowest BCUT2D eigenvalue weighted by molar-refractivity contribution is -0.125. The van der Waals surface area contributed by atoms with Gasteiger partial charge in [0.15, 0.2) is 0 Å². The molecule has 1 aromatic carbocycles. The van der Waals surface area contributed by atoms with Crippen LogP contribution in [0.3, 0.4) is 0 Å². The van der Waals surface area contributed by atoms with E-state index < -0.39 is 5.92 Å². The number of carbonyl (C=O) groups excluding carboxylic acids is 2. The van der Waals surface area contributed by atoms with E-state index in [0.29, 0.717) is 18.3 Å². The molecule has 0 spiro atoms. The largest absolute Gasteiger partial charge is 0.326 e. The van der Waals surface area contributed by atoms with Gasteiger partial charge in [0.1, 0.15) is 5.82 Å². The number of carbonyl (C=O) groups is 2. The van der Waals surface area contributed by atoms with Crippen molar-refractivity contribution < 1.29 is 9.59 Å². The van der Waals surface area contributed by atoms with Crippen LogP contribution in [0.1, 0.15) is 17.8 Å². The Morgan fingerprint density at radius 3 is 2.82 bits per heavy atom. The molecule has 2 aromatic rings. The molecule has 0 saturated heterocycles. The van der Waals surface area contributed by atoms with Gasteiger partial charge in [-0.3, -0.25) is 14.9 Å². The first-order valence-corrected chi connectivity index (χ1v) is 7.10. The van der Waals surface area contributed by atoms with E-state index >= 15 is 0 Å². The minimum atomic E-state index is -0.445. The molecular weight excluding hydrogens is 282 g/mol.